The highest BCUT2D eigenvalue weighted by Gasteiger charge is 2.14. The summed E-state index contributed by atoms with van der Waals surface area (Å²) in [7, 11) is 2.20. The van der Waals surface area contributed by atoms with Crippen LogP contribution in [0.25, 0.3) is 0 Å². The number of piperazine rings is 1. The van der Waals surface area contributed by atoms with Gasteiger partial charge >= 0.3 is 0 Å². The van der Waals surface area contributed by atoms with Crippen LogP contribution in [0.5, 0.6) is 0 Å². The van der Waals surface area contributed by atoms with Crippen LogP contribution in [0.1, 0.15) is 12.8 Å². The first-order valence-electron chi connectivity index (χ1n) is 6.24. The molecule has 2 fully saturated rings. The molecule has 0 unspecified atom stereocenters. The number of hydrogen-bond acceptors (Lipinski definition) is 4. The van der Waals surface area contributed by atoms with E-state index in [1.807, 2.05) is 0 Å². The van der Waals surface area contributed by atoms with Gasteiger partial charge in [0.05, 0.1) is 0 Å². The second kappa shape index (κ2) is 5.80. The molecule has 4 heteroatoms. The molecule has 0 aromatic rings. The van der Waals surface area contributed by atoms with E-state index < -0.39 is 0 Å². The molecular weight excluding hydrogens is 188 g/mol. The quantitative estimate of drug-likeness (QED) is 0.698. The molecule has 0 amide bonds. The molecule has 2 saturated heterocycles. The van der Waals surface area contributed by atoms with Gasteiger partial charge in [-0.1, -0.05) is 0 Å². The van der Waals surface area contributed by atoms with Crippen LogP contribution in [0.2, 0.25) is 0 Å². The fourth-order valence-electron chi connectivity index (χ4n) is 2.34. The van der Waals surface area contributed by atoms with Crippen LogP contribution >= 0.6 is 0 Å². The Morgan fingerprint density at radius 2 is 1.60 bits per heavy atom. The number of nitrogens with zero attached hydrogens (tertiary/aromatic N) is 3. The van der Waals surface area contributed by atoms with Gasteiger partial charge in [0.25, 0.3) is 0 Å². The first-order chi connectivity index (χ1) is 7.34. The van der Waals surface area contributed by atoms with Gasteiger partial charge in [-0.3, -0.25) is 5.43 Å². The van der Waals surface area contributed by atoms with E-state index in [9.17, 15) is 0 Å². The van der Waals surface area contributed by atoms with Gasteiger partial charge in [-0.25, -0.2) is 5.01 Å². The molecule has 0 saturated carbocycles. The molecule has 1 N–H and O–H groups in total. The summed E-state index contributed by atoms with van der Waals surface area (Å²) in [5.41, 5.74) is 3.53. The van der Waals surface area contributed by atoms with Crippen LogP contribution in [0.4, 0.5) is 0 Å². The molecule has 2 heterocycles. The Morgan fingerprint density at radius 3 is 2.27 bits per heavy atom. The van der Waals surface area contributed by atoms with Crippen molar-refractivity contribution in [2.75, 3.05) is 59.4 Å². The van der Waals surface area contributed by atoms with Crippen LogP contribution in [-0.2, 0) is 0 Å². The monoisotopic (exact) mass is 212 g/mol. The molecule has 2 aliphatic heterocycles. The largest absolute Gasteiger partial charge is 0.304 e. The number of likely N-dealkylation sites (tertiary alicyclic amines) is 1. The Hall–Kier alpha value is -0.160. The highest BCUT2D eigenvalue weighted by molar-refractivity contribution is 4.69. The van der Waals surface area contributed by atoms with Crippen LogP contribution in [0.15, 0.2) is 0 Å². The van der Waals surface area contributed by atoms with Crippen molar-refractivity contribution in [1.29, 1.82) is 0 Å². The molecule has 2 aliphatic rings. The molecular formula is C11H24N4. The van der Waals surface area contributed by atoms with Crippen molar-refractivity contribution in [2.45, 2.75) is 12.8 Å². The van der Waals surface area contributed by atoms with Crippen LogP contribution in [-0.4, -0.2) is 74.2 Å². The third-order valence-corrected chi connectivity index (χ3v) is 3.47. The van der Waals surface area contributed by atoms with Crippen molar-refractivity contribution < 1.29 is 0 Å². The lowest BCUT2D eigenvalue weighted by molar-refractivity contribution is 0.100. The lowest BCUT2D eigenvalue weighted by Crippen LogP contribution is -2.52. The maximum absolute atomic E-state index is 3.53. The van der Waals surface area contributed by atoms with Gasteiger partial charge in [0, 0.05) is 39.3 Å². The summed E-state index contributed by atoms with van der Waals surface area (Å²) in [4.78, 5) is 4.95. The second-order valence-corrected chi connectivity index (χ2v) is 4.75. The minimum Gasteiger partial charge on any atom is -0.304 e. The Kier molecular flexibility index (Phi) is 4.38. The summed E-state index contributed by atoms with van der Waals surface area (Å²) in [6.07, 6.45) is 2.79. The van der Waals surface area contributed by atoms with Gasteiger partial charge in [-0.15, -0.1) is 0 Å². The highest BCUT2D eigenvalue weighted by atomic mass is 15.5. The molecule has 15 heavy (non-hydrogen) atoms. The normalized spacial score (nSPS) is 26.2. The molecule has 2 rings (SSSR count). The summed E-state index contributed by atoms with van der Waals surface area (Å²) in [6.45, 7) is 9.66. The average molecular weight is 212 g/mol. The Labute approximate surface area is 93.2 Å². The van der Waals surface area contributed by atoms with E-state index >= 15 is 0 Å². The molecule has 88 valence electrons. The molecule has 0 aromatic heterocycles. The van der Waals surface area contributed by atoms with E-state index in [1.54, 1.807) is 0 Å². The average Bonchev–Trinajstić information content (AvgIpc) is 2.74. The standard InChI is InChI=1S/C11H24N4/c1-13-8-10-15(11-9-13)12-4-7-14-5-2-3-6-14/h12H,2-11H2,1H3. The van der Waals surface area contributed by atoms with Crippen LogP contribution < -0.4 is 5.43 Å². The molecule has 0 spiro atoms. The summed E-state index contributed by atoms with van der Waals surface area (Å²) in [6, 6.07) is 0. The van der Waals surface area contributed by atoms with Crippen molar-refractivity contribution in [3.8, 4) is 0 Å². The third kappa shape index (κ3) is 3.72. The Bertz CT molecular complexity index is 171. The topological polar surface area (TPSA) is 21.8 Å². The minimum absolute atomic E-state index is 1.11. The SMILES string of the molecule is CN1CCN(NCCN2CCCC2)CC1. The van der Waals surface area contributed by atoms with Gasteiger partial charge < -0.3 is 9.80 Å². The maximum atomic E-state index is 3.53. The lowest BCUT2D eigenvalue weighted by Gasteiger charge is -2.33. The molecule has 0 radical (unpaired) electrons. The van der Waals surface area contributed by atoms with Gasteiger partial charge in [0.1, 0.15) is 0 Å². The van der Waals surface area contributed by atoms with Gasteiger partial charge in [0.2, 0.25) is 0 Å². The van der Waals surface area contributed by atoms with Gasteiger partial charge in [0.15, 0.2) is 0 Å². The molecule has 0 aliphatic carbocycles. The molecule has 0 atom stereocenters. The van der Waals surface area contributed by atoms with E-state index in [0.717, 1.165) is 19.6 Å². The van der Waals surface area contributed by atoms with Crippen LogP contribution in [0, 0.1) is 0 Å². The van der Waals surface area contributed by atoms with Crippen molar-refractivity contribution in [2.24, 2.45) is 0 Å². The fraction of sp³-hybridized carbons (Fsp3) is 1.00. The zero-order chi connectivity index (χ0) is 10.5. The number of nitrogens with one attached hydrogen (secondary N) is 1. The van der Waals surface area contributed by atoms with Crippen molar-refractivity contribution in [3.05, 3.63) is 0 Å². The van der Waals surface area contributed by atoms with E-state index in [0.29, 0.717) is 0 Å². The third-order valence-electron chi connectivity index (χ3n) is 3.47. The Morgan fingerprint density at radius 1 is 0.933 bits per heavy atom. The van der Waals surface area contributed by atoms with Gasteiger partial charge in [-0.05, 0) is 33.0 Å². The number of likely N-dealkylation sites (N-methyl/N-ethyl adjacent to an activating group) is 1. The smallest absolute Gasteiger partial charge is 0.0259 e. The zero-order valence-electron chi connectivity index (χ0n) is 9.91. The lowest BCUT2D eigenvalue weighted by atomic mass is 10.4. The first-order valence-corrected chi connectivity index (χ1v) is 6.24. The van der Waals surface area contributed by atoms with E-state index in [2.05, 4.69) is 27.3 Å². The number of rotatable bonds is 4. The summed E-state index contributed by atoms with van der Waals surface area (Å²) < 4.78 is 0. The van der Waals surface area contributed by atoms with Crippen molar-refractivity contribution in [3.63, 3.8) is 0 Å². The molecule has 0 aromatic carbocycles. The second-order valence-electron chi connectivity index (χ2n) is 4.75. The summed E-state index contributed by atoms with van der Waals surface area (Å²) >= 11 is 0. The van der Waals surface area contributed by atoms with Crippen molar-refractivity contribution in [1.82, 2.24) is 20.2 Å². The summed E-state index contributed by atoms with van der Waals surface area (Å²) in [5.74, 6) is 0. The Balaban J connectivity index is 1.53. The number of hydrazine groups is 1. The van der Waals surface area contributed by atoms with Crippen LogP contribution in [0.3, 0.4) is 0 Å². The predicted molar refractivity (Wildman–Crippen MR) is 62.7 cm³/mol. The minimum atomic E-state index is 1.11. The molecule has 4 nitrogen and oxygen atoms in total. The zero-order valence-corrected chi connectivity index (χ0v) is 9.91. The number of hydrogen-bond donors (Lipinski definition) is 1. The van der Waals surface area contributed by atoms with E-state index in [-0.39, 0.29) is 0 Å². The fourth-order valence-corrected chi connectivity index (χ4v) is 2.34. The predicted octanol–water partition coefficient (Wildman–Crippen LogP) is -0.166. The maximum Gasteiger partial charge on any atom is 0.0259 e. The first kappa shape index (κ1) is 11.3. The highest BCUT2D eigenvalue weighted by Crippen LogP contribution is 2.05. The van der Waals surface area contributed by atoms with E-state index in [4.69, 9.17) is 0 Å². The summed E-state index contributed by atoms with van der Waals surface area (Å²) in [5, 5.41) is 2.37. The van der Waals surface area contributed by atoms with Crippen molar-refractivity contribution >= 4 is 0 Å². The van der Waals surface area contributed by atoms with E-state index in [1.165, 1.54) is 45.6 Å². The molecule has 0 bridgehead atoms. The van der Waals surface area contributed by atoms with Gasteiger partial charge in [-0.2, -0.15) is 0 Å².